The van der Waals surface area contributed by atoms with Crippen molar-refractivity contribution in [1.29, 1.82) is 0 Å². The summed E-state index contributed by atoms with van der Waals surface area (Å²) in [6.45, 7) is 2.79. The van der Waals surface area contributed by atoms with Crippen LogP contribution in [0.1, 0.15) is 13.3 Å². The molecule has 0 amide bonds. The highest BCUT2D eigenvalue weighted by Gasteiger charge is 2.12. The summed E-state index contributed by atoms with van der Waals surface area (Å²) in [6, 6.07) is 0.393. The number of hydrogen-bond acceptors (Lipinski definition) is 3. The van der Waals surface area contributed by atoms with Crippen molar-refractivity contribution < 1.29 is 22.6 Å². The second-order valence-corrected chi connectivity index (χ2v) is 3.01. The minimum atomic E-state index is -1.38. The van der Waals surface area contributed by atoms with E-state index in [9.17, 15) is 13.2 Å². The zero-order valence-corrected chi connectivity index (χ0v) is 8.80. The largest absolute Gasteiger partial charge is 0.473 e. The Balaban J connectivity index is 2.45. The molecule has 0 unspecified atom stereocenters. The molecule has 0 saturated carbocycles. The average molecular weight is 235 g/mol. The molecule has 0 bridgehead atoms. The average Bonchev–Trinajstić information content (AvgIpc) is 2.25. The number of aromatic nitrogens is 1. The fourth-order valence-corrected chi connectivity index (χ4v) is 0.973. The van der Waals surface area contributed by atoms with Crippen LogP contribution in [0.5, 0.6) is 5.88 Å². The molecule has 1 heterocycles. The van der Waals surface area contributed by atoms with Gasteiger partial charge in [0.25, 0.3) is 11.8 Å². The molecule has 0 radical (unpaired) electrons. The summed E-state index contributed by atoms with van der Waals surface area (Å²) in [4.78, 5) is 3.00. The lowest BCUT2D eigenvalue weighted by molar-refractivity contribution is 0.0968. The summed E-state index contributed by atoms with van der Waals surface area (Å²) in [5.74, 6) is -4.31. The van der Waals surface area contributed by atoms with Crippen LogP contribution < -0.4 is 4.74 Å². The van der Waals surface area contributed by atoms with E-state index in [1.54, 1.807) is 0 Å². The number of hydrogen-bond donors (Lipinski definition) is 0. The Labute approximate surface area is 91.2 Å². The smallest absolute Gasteiger partial charge is 0.253 e. The standard InChI is InChI=1S/C10H12F3NO2/c1-2-3-15-4-5-16-10-8(12)6-7(11)9(13)14-10/h6H,2-5H2,1H3. The summed E-state index contributed by atoms with van der Waals surface area (Å²) >= 11 is 0. The monoisotopic (exact) mass is 235 g/mol. The van der Waals surface area contributed by atoms with E-state index in [-0.39, 0.29) is 13.2 Å². The molecule has 1 rings (SSSR count). The van der Waals surface area contributed by atoms with Crippen molar-refractivity contribution in [2.24, 2.45) is 0 Å². The van der Waals surface area contributed by atoms with Crippen molar-refractivity contribution in [3.8, 4) is 5.88 Å². The zero-order valence-electron chi connectivity index (χ0n) is 8.80. The summed E-state index contributed by atoms with van der Waals surface area (Å²) in [7, 11) is 0. The summed E-state index contributed by atoms with van der Waals surface area (Å²) < 4.78 is 47.9. The SMILES string of the molecule is CCCOCCOc1nc(F)c(F)cc1F. The first-order valence-corrected chi connectivity index (χ1v) is 4.87. The molecule has 0 aliphatic heterocycles. The molecule has 0 aliphatic rings. The summed E-state index contributed by atoms with van der Waals surface area (Å²) in [6.07, 6.45) is 0.859. The van der Waals surface area contributed by atoms with Crippen LogP contribution in [0, 0.1) is 17.6 Å². The van der Waals surface area contributed by atoms with Crippen molar-refractivity contribution in [3.63, 3.8) is 0 Å². The van der Waals surface area contributed by atoms with Crippen LogP contribution in [0.3, 0.4) is 0 Å². The lowest BCUT2D eigenvalue weighted by Crippen LogP contribution is -2.10. The van der Waals surface area contributed by atoms with Gasteiger partial charge in [0.1, 0.15) is 6.61 Å². The molecule has 3 nitrogen and oxygen atoms in total. The molecular formula is C10H12F3NO2. The van der Waals surface area contributed by atoms with Crippen molar-refractivity contribution in [2.45, 2.75) is 13.3 Å². The minimum Gasteiger partial charge on any atom is -0.473 e. The van der Waals surface area contributed by atoms with E-state index in [2.05, 4.69) is 4.98 Å². The van der Waals surface area contributed by atoms with Crippen LogP contribution in [-0.2, 0) is 4.74 Å². The molecule has 16 heavy (non-hydrogen) atoms. The van der Waals surface area contributed by atoms with E-state index in [4.69, 9.17) is 9.47 Å². The van der Waals surface area contributed by atoms with E-state index in [1.807, 2.05) is 6.92 Å². The zero-order chi connectivity index (χ0) is 12.0. The van der Waals surface area contributed by atoms with Crippen molar-refractivity contribution in [3.05, 3.63) is 23.6 Å². The van der Waals surface area contributed by atoms with Gasteiger partial charge in [0.15, 0.2) is 11.6 Å². The van der Waals surface area contributed by atoms with E-state index < -0.39 is 23.5 Å². The minimum absolute atomic E-state index is 0.0367. The van der Waals surface area contributed by atoms with Crippen LogP contribution >= 0.6 is 0 Å². The molecule has 90 valence electrons. The van der Waals surface area contributed by atoms with Gasteiger partial charge in [0, 0.05) is 12.7 Å². The van der Waals surface area contributed by atoms with Crippen LogP contribution in [0.15, 0.2) is 6.07 Å². The highest BCUT2D eigenvalue weighted by atomic mass is 19.2. The van der Waals surface area contributed by atoms with Crippen LogP contribution in [0.25, 0.3) is 0 Å². The molecule has 0 saturated heterocycles. The van der Waals surface area contributed by atoms with Gasteiger partial charge in [-0.25, -0.2) is 8.78 Å². The third-order valence-corrected chi connectivity index (χ3v) is 1.67. The van der Waals surface area contributed by atoms with E-state index in [0.29, 0.717) is 12.7 Å². The molecule has 6 heteroatoms. The van der Waals surface area contributed by atoms with Gasteiger partial charge >= 0.3 is 0 Å². The van der Waals surface area contributed by atoms with E-state index in [0.717, 1.165) is 6.42 Å². The van der Waals surface area contributed by atoms with Crippen molar-refractivity contribution >= 4 is 0 Å². The van der Waals surface area contributed by atoms with Gasteiger partial charge < -0.3 is 9.47 Å². The lowest BCUT2D eigenvalue weighted by Gasteiger charge is -2.06. The maximum Gasteiger partial charge on any atom is 0.253 e. The Bertz CT molecular complexity index is 347. The summed E-state index contributed by atoms with van der Waals surface area (Å²) in [5, 5.41) is 0. The Hall–Kier alpha value is -1.30. The maximum absolute atomic E-state index is 13.0. The molecule has 0 aromatic carbocycles. The number of ether oxygens (including phenoxy) is 2. The Morgan fingerprint density at radius 1 is 1.12 bits per heavy atom. The highest BCUT2D eigenvalue weighted by molar-refractivity contribution is 5.14. The number of rotatable bonds is 6. The molecule has 0 spiro atoms. The molecule has 1 aromatic rings. The van der Waals surface area contributed by atoms with Crippen LogP contribution in [-0.4, -0.2) is 24.8 Å². The number of nitrogens with zero attached hydrogens (tertiary/aromatic N) is 1. The molecule has 0 aliphatic carbocycles. The summed E-state index contributed by atoms with van der Waals surface area (Å²) in [5.41, 5.74) is 0. The third kappa shape index (κ3) is 3.69. The Morgan fingerprint density at radius 3 is 2.56 bits per heavy atom. The van der Waals surface area contributed by atoms with Gasteiger partial charge in [0.2, 0.25) is 0 Å². The van der Waals surface area contributed by atoms with Crippen LogP contribution in [0.4, 0.5) is 13.2 Å². The third-order valence-electron chi connectivity index (χ3n) is 1.67. The molecular weight excluding hydrogens is 223 g/mol. The van der Waals surface area contributed by atoms with E-state index >= 15 is 0 Å². The second-order valence-electron chi connectivity index (χ2n) is 3.01. The van der Waals surface area contributed by atoms with Gasteiger partial charge in [-0.3, -0.25) is 0 Å². The van der Waals surface area contributed by atoms with Gasteiger partial charge in [0.05, 0.1) is 6.61 Å². The number of pyridine rings is 1. The quantitative estimate of drug-likeness (QED) is 0.560. The fraction of sp³-hybridized carbons (Fsp3) is 0.500. The highest BCUT2D eigenvalue weighted by Crippen LogP contribution is 2.16. The lowest BCUT2D eigenvalue weighted by atomic mass is 10.4. The Kier molecular flexibility index (Phi) is 5.04. The van der Waals surface area contributed by atoms with Gasteiger partial charge in [-0.05, 0) is 6.42 Å². The molecule has 0 N–H and O–H groups in total. The predicted octanol–water partition coefficient (Wildman–Crippen LogP) is 2.30. The van der Waals surface area contributed by atoms with Crippen molar-refractivity contribution in [1.82, 2.24) is 4.98 Å². The molecule has 0 fully saturated rings. The second kappa shape index (κ2) is 6.32. The topological polar surface area (TPSA) is 31.4 Å². The van der Waals surface area contributed by atoms with Gasteiger partial charge in [-0.15, -0.1) is 0 Å². The van der Waals surface area contributed by atoms with E-state index in [1.165, 1.54) is 0 Å². The molecule has 1 aromatic heterocycles. The predicted molar refractivity (Wildman–Crippen MR) is 50.7 cm³/mol. The first-order chi connectivity index (χ1) is 7.65. The first kappa shape index (κ1) is 12.8. The number of halogens is 3. The maximum atomic E-state index is 13.0. The molecule has 0 atom stereocenters. The Morgan fingerprint density at radius 2 is 1.88 bits per heavy atom. The normalized spacial score (nSPS) is 10.5. The van der Waals surface area contributed by atoms with Crippen LogP contribution in [0.2, 0.25) is 0 Å². The van der Waals surface area contributed by atoms with Crippen molar-refractivity contribution in [2.75, 3.05) is 19.8 Å². The van der Waals surface area contributed by atoms with Gasteiger partial charge in [-0.1, -0.05) is 6.92 Å². The fourth-order valence-electron chi connectivity index (χ4n) is 0.973. The first-order valence-electron chi connectivity index (χ1n) is 4.87. The van der Waals surface area contributed by atoms with Gasteiger partial charge in [-0.2, -0.15) is 9.37 Å².